The molecule has 1 amide bonds. The van der Waals surface area contributed by atoms with E-state index in [1.165, 1.54) is 12.1 Å². The minimum absolute atomic E-state index is 0.0100. The molecule has 164 valence electrons. The highest BCUT2D eigenvalue weighted by Gasteiger charge is 2.27. The molecular weight excluding hydrogens is 409 g/mol. The number of aromatic nitrogens is 2. The van der Waals surface area contributed by atoms with Gasteiger partial charge in [-0.15, -0.1) is 0 Å². The van der Waals surface area contributed by atoms with Crippen LogP contribution in [0.5, 0.6) is 0 Å². The molecule has 2 heterocycles. The van der Waals surface area contributed by atoms with E-state index in [2.05, 4.69) is 10.3 Å². The number of hydrogen-bond acceptors (Lipinski definition) is 2. The van der Waals surface area contributed by atoms with Gasteiger partial charge < -0.3 is 20.0 Å². The largest absolute Gasteiger partial charge is 0.480 e. The zero-order chi connectivity index (χ0) is 22.2. The molecule has 32 heavy (non-hydrogen) atoms. The summed E-state index contributed by atoms with van der Waals surface area (Å²) < 4.78 is 15.7. The van der Waals surface area contributed by atoms with Crippen LogP contribution in [0.15, 0.2) is 48.7 Å². The van der Waals surface area contributed by atoms with Crippen LogP contribution in [0.3, 0.4) is 0 Å². The average molecular weight is 433 g/mol. The normalized spacial score (nSPS) is 15.7. The Kier molecular flexibility index (Phi) is 5.17. The number of aromatic amines is 1. The van der Waals surface area contributed by atoms with Crippen LogP contribution >= 0.6 is 0 Å². The minimum Gasteiger partial charge on any atom is -0.480 e. The van der Waals surface area contributed by atoms with Gasteiger partial charge in [0.2, 0.25) is 5.91 Å². The Morgan fingerprint density at radius 1 is 1.19 bits per heavy atom. The summed E-state index contributed by atoms with van der Waals surface area (Å²) in [5.41, 5.74) is 4.78. The van der Waals surface area contributed by atoms with Gasteiger partial charge in [-0.2, -0.15) is 0 Å². The summed E-state index contributed by atoms with van der Waals surface area (Å²) in [5, 5.41) is 14.3. The first-order valence-corrected chi connectivity index (χ1v) is 10.8. The van der Waals surface area contributed by atoms with Crippen LogP contribution in [0.2, 0.25) is 0 Å². The maximum Gasteiger partial charge on any atom is 0.323 e. The third kappa shape index (κ3) is 3.75. The van der Waals surface area contributed by atoms with Gasteiger partial charge in [0.1, 0.15) is 12.4 Å². The van der Waals surface area contributed by atoms with Crippen LogP contribution in [0.25, 0.3) is 21.8 Å². The fraction of sp³-hybridized carbons (Fsp3) is 0.280. The van der Waals surface area contributed by atoms with Gasteiger partial charge in [0.25, 0.3) is 0 Å². The number of carbonyl (C=O) groups excluding carboxylic acids is 1. The summed E-state index contributed by atoms with van der Waals surface area (Å²) in [5.74, 6) is -1.29. The predicted molar refractivity (Wildman–Crippen MR) is 120 cm³/mol. The van der Waals surface area contributed by atoms with E-state index in [4.69, 9.17) is 0 Å². The second-order valence-electron chi connectivity index (χ2n) is 8.43. The zero-order valence-electron chi connectivity index (χ0n) is 17.5. The number of H-pyrrole nitrogens is 1. The van der Waals surface area contributed by atoms with Crippen molar-refractivity contribution >= 4 is 33.7 Å². The molecule has 6 nitrogen and oxygen atoms in total. The molecule has 0 fully saturated rings. The third-order valence-electron chi connectivity index (χ3n) is 6.38. The molecule has 1 atom stereocenters. The number of amides is 1. The van der Waals surface area contributed by atoms with Crippen molar-refractivity contribution in [1.82, 2.24) is 14.9 Å². The first kappa shape index (κ1) is 20.3. The molecule has 0 aliphatic heterocycles. The quantitative estimate of drug-likeness (QED) is 0.430. The van der Waals surface area contributed by atoms with Gasteiger partial charge in [0.05, 0.1) is 0 Å². The molecule has 4 aromatic rings. The predicted octanol–water partition coefficient (Wildman–Crippen LogP) is 3.95. The smallest absolute Gasteiger partial charge is 0.323 e. The zero-order valence-corrected chi connectivity index (χ0v) is 17.5. The van der Waals surface area contributed by atoms with Crippen molar-refractivity contribution in [3.05, 3.63) is 71.3 Å². The SMILES string of the molecule is O=C(O)Cn1c2c(c3cc(F)ccc31)C[C@@H](NC(=O)CCc1c[nH]c3ccccc13)CC2. The second-order valence-corrected chi connectivity index (χ2v) is 8.43. The number of rotatable bonds is 6. The van der Waals surface area contributed by atoms with Crippen molar-refractivity contribution < 1.29 is 19.1 Å². The molecule has 0 saturated carbocycles. The second kappa shape index (κ2) is 8.15. The van der Waals surface area contributed by atoms with Crippen molar-refractivity contribution in [3.8, 4) is 0 Å². The van der Waals surface area contributed by atoms with Gasteiger partial charge in [-0.05, 0) is 61.1 Å². The molecular formula is C25H24FN3O3. The summed E-state index contributed by atoms with van der Waals surface area (Å²) in [6.07, 6.45) is 4.94. The number of fused-ring (bicyclic) bond motifs is 4. The van der Waals surface area contributed by atoms with Gasteiger partial charge in [0, 0.05) is 46.2 Å². The molecule has 0 unspecified atom stereocenters. The molecule has 2 aromatic heterocycles. The van der Waals surface area contributed by atoms with E-state index in [1.807, 2.05) is 30.5 Å². The van der Waals surface area contributed by atoms with Crippen molar-refractivity contribution in [2.75, 3.05) is 0 Å². The van der Waals surface area contributed by atoms with Crippen LogP contribution in [0, 0.1) is 5.82 Å². The van der Waals surface area contributed by atoms with E-state index in [1.54, 1.807) is 10.6 Å². The Balaban J connectivity index is 1.30. The summed E-state index contributed by atoms with van der Waals surface area (Å²) in [7, 11) is 0. The lowest BCUT2D eigenvalue weighted by Gasteiger charge is -2.25. The van der Waals surface area contributed by atoms with Gasteiger partial charge in [0.15, 0.2) is 0 Å². The van der Waals surface area contributed by atoms with Crippen molar-refractivity contribution in [1.29, 1.82) is 0 Å². The molecule has 3 N–H and O–H groups in total. The molecule has 0 spiro atoms. The summed E-state index contributed by atoms with van der Waals surface area (Å²) in [6, 6.07) is 12.4. The summed E-state index contributed by atoms with van der Waals surface area (Å²) in [6.45, 7) is -0.154. The molecule has 7 heteroatoms. The Morgan fingerprint density at radius 2 is 2.03 bits per heavy atom. The van der Waals surface area contributed by atoms with E-state index in [9.17, 15) is 19.1 Å². The van der Waals surface area contributed by atoms with Gasteiger partial charge in [-0.3, -0.25) is 9.59 Å². The molecule has 0 radical (unpaired) electrons. The monoisotopic (exact) mass is 433 g/mol. The lowest BCUT2D eigenvalue weighted by molar-refractivity contribution is -0.137. The molecule has 2 aromatic carbocycles. The molecule has 0 saturated heterocycles. The van der Waals surface area contributed by atoms with Crippen LogP contribution in [0.4, 0.5) is 4.39 Å². The standard InChI is InChI=1S/C25H24FN3O3/c26-16-6-8-22-19(11-16)20-12-17(7-9-23(20)29(22)14-25(31)32)28-24(30)10-5-15-13-27-21-4-2-1-3-18(15)21/h1-4,6,8,11,13,17,27H,5,7,9-10,12,14H2,(H,28,30)(H,31,32)/t17-/m0/s1. The Labute approximate surface area is 184 Å². The van der Waals surface area contributed by atoms with Gasteiger partial charge >= 0.3 is 5.97 Å². The number of aliphatic carboxylic acids is 1. The lowest BCUT2D eigenvalue weighted by Crippen LogP contribution is -2.39. The summed E-state index contributed by atoms with van der Waals surface area (Å²) in [4.78, 5) is 27.3. The van der Waals surface area contributed by atoms with E-state index in [0.717, 1.165) is 45.0 Å². The highest BCUT2D eigenvalue weighted by molar-refractivity contribution is 5.88. The Morgan fingerprint density at radius 3 is 2.88 bits per heavy atom. The van der Waals surface area contributed by atoms with E-state index in [0.29, 0.717) is 25.7 Å². The number of para-hydroxylation sites is 1. The van der Waals surface area contributed by atoms with Crippen LogP contribution in [-0.2, 0) is 35.4 Å². The van der Waals surface area contributed by atoms with Crippen molar-refractivity contribution in [3.63, 3.8) is 0 Å². The Hall–Kier alpha value is -3.61. The highest BCUT2D eigenvalue weighted by atomic mass is 19.1. The van der Waals surface area contributed by atoms with E-state index in [-0.39, 0.29) is 24.3 Å². The number of aryl methyl sites for hydroxylation is 1. The Bertz CT molecular complexity index is 1340. The number of nitrogens with one attached hydrogen (secondary N) is 2. The maximum atomic E-state index is 13.9. The fourth-order valence-electron chi connectivity index (χ4n) is 4.95. The number of carboxylic acid groups (broad SMARTS) is 1. The van der Waals surface area contributed by atoms with Gasteiger partial charge in [-0.25, -0.2) is 4.39 Å². The number of halogens is 1. The lowest BCUT2D eigenvalue weighted by atomic mass is 9.91. The van der Waals surface area contributed by atoms with Crippen molar-refractivity contribution in [2.45, 2.75) is 44.7 Å². The molecule has 1 aliphatic rings. The fourth-order valence-corrected chi connectivity index (χ4v) is 4.95. The minimum atomic E-state index is -0.929. The topological polar surface area (TPSA) is 87.1 Å². The van der Waals surface area contributed by atoms with Crippen LogP contribution in [-0.4, -0.2) is 32.6 Å². The number of hydrogen-bond donors (Lipinski definition) is 3. The molecule has 1 aliphatic carbocycles. The highest BCUT2D eigenvalue weighted by Crippen LogP contribution is 2.33. The number of benzene rings is 2. The molecule has 0 bridgehead atoms. The average Bonchev–Trinajstić information content (AvgIpc) is 3.31. The van der Waals surface area contributed by atoms with E-state index < -0.39 is 5.97 Å². The van der Waals surface area contributed by atoms with Gasteiger partial charge in [-0.1, -0.05) is 18.2 Å². The van der Waals surface area contributed by atoms with E-state index >= 15 is 0 Å². The molecule has 5 rings (SSSR count). The van der Waals surface area contributed by atoms with Crippen LogP contribution in [0.1, 0.15) is 29.7 Å². The maximum absolute atomic E-state index is 13.9. The number of carbonyl (C=O) groups is 2. The van der Waals surface area contributed by atoms with Crippen LogP contribution < -0.4 is 5.32 Å². The number of nitrogens with zero attached hydrogens (tertiary/aromatic N) is 1. The third-order valence-corrected chi connectivity index (χ3v) is 6.38. The first-order valence-electron chi connectivity index (χ1n) is 10.8. The number of carboxylic acids is 1. The summed E-state index contributed by atoms with van der Waals surface area (Å²) >= 11 is 0. The van der Waals surface area contributed by atoms with Crippen molar-refractivity contribution in [2.24, 2.45) is 0 Å². The first-order chi connectivity index (χ1) is 15.5.